The van der Waals surface area contributed by atoms with Crippen molar-refractivity contribution in [3.05, 3.63) is 0 Å². The van der Waals surface area contributed by atoms with E-state index in [0.29, 0.717) is 13.1 Å². The summed E-state index contributed by atoms with van der Waals surface area (Å²) in [5, 5.41) is 9.53. The molecule has 5 heteroatoms. The molecule has 17 heavy (non-hydrogen) atoms. The smallest absolute Gasteiger partial charge is 0.247 e. The fourth-order valence-electron chi connectivity index (χ4n) is 2.33. The maximum atomic E-state index is 11.2. The number of nitrogens with zero attached hydrogens (tertiary/aromatic N) is 1. The average molecular weight is 244 g/mol. The summed E-state index contributed by atoms with van der Waals surface area (Å²) in [6, 6.07) is 0.00991. The topological polar surface area (TPSA) is 75.8 Å². The molecular formula is C12H24N2O3. The first-order valence-electron chi connectivity index (χ1n) is 6.05. The fourth-order valence-corrected chi connectivity index (χ4v) is 2.33. The van der Waals surface area contributed by atoms with E-state index in [9.17, 15) is 9.90 Å². The Kier molecular flexibility index (Phi) is 4.52. The Bertz CT molecular complexity index is 275. The van der Waals surface area contributed by atoms with Crippen molar-refractivity contribution >= 4 is 5.91 Å². The van der Waals surface area contributed by atoms with Gasteiger partial charge in [0.05, 0.1) is 12.7 Å². The first kappa shape index (κ1) is 14.4. The largest absolute Gasteiger partial charge is 0.395 e. The molecule has 1 saturated heterocycles. The zero-order chi connectivity index (χ0) is 13.2. The number of primary amides is 1. The third kappa shape index (κ3) is 3.66. The van der Waals surface area contributed by atoms with E-state index >= 15 is 0 Å². The van der Waals surface area contributed by atoms with E-state index in [1.165, 1.54) is 0 Å². The van der Waals surface area contributed by atoms with E-state index in [-0.39, 0.29) is 24.2 Å². The number of amides is 1. The lowest BCUT2D eigenvalue weighted by atomic mass is 9.85. The van der Waals surface area contributed by atoms with Crippen molar-refractivity contribution in [2.75, 3.05) is 19.7 Å². The highest BCUT2D eigenvalue weighted by Crippen LogP contribution is 2.26. The summed E-state index contributed by atoms with van der Waals surface area (Å²) in [4.78, 5) is 13.3. The first-order chi connectivity index (χ1) is 7.75. The minimum atomic E-state index is -0.574. The number of carbonyl (C=O) groups is 1. The molecule has 3 atom stereocenters. The molecule has 0 aliphatic carbocycles. The Hall–Kier alpha value is -0.650. The number of aliphatic hydroxyl groups excluding tert-OH is 1. The highest BCUT2D eigenvalue weighted by Gasteiger charge is 2.37. The molecule has 0 saturated carbocycles. The van der Waals surface area contributed by atoms with Gasteiger partial charge in [0, 0.05) is 19.1 Å². The lowest BCUT2D eigenvalue weighted by molar-refractivity contribution is -0.148. The summed E-state index contributed by atoms with van der Waals surface area (Å²) in [5.74, 6) is -0.438. The van der Waals surface area contributed by atoms with Crippen LogP contribution in [0.1, 0.15) is 27.7 Å². The molecule has 5 nitrogen and oxygen atoms in total. The molecule has 1 heterocycles. The Morgan fingerprint density at radius 1 is 1.53 bits per heavy atom. The Morgan fingerprint density at radius 2 is 2.12 bits per heavy atom. The number of hydrogen-bond donors (Lipinski definition) is 2. The summed E-state index contributed by atoms with van der Waals surface area (Å²) >= 11 is 0. The van der Waals surface area contributed by atoms with Gasteiger partial charge >= 0.3 is 0 Å². The predicted molar refractivity (Wildman–Crippen MR) is 65.4 cm³/mol. The number of ether oxygens (including phenoxy) is 1. The molecule has 1 rings (SSSR count). The van der Waals surface area contributed by atoms with Gasteiger partial charge in [-0.15, -0.1) is 0 Å². The molecule has 1 fully saturated rings. The standard InChI is InChI=1S/C12H24N2O3/c1-8-5-14(6-9(17-8)11(13)16)10(7-15)12(2,3)4/h8-10,15H,5-7H2,1-4H3,(H2,13,16)/t8?,9?,10-/m1/s1. The van der Waals surface area contributed by atoms with Gasteiger partial charge in [0.2, 0.25) is 5.91 Å². The van der Waals surface area contributed by atoms with E-state index in [0.717, 1.165) is 0 Å². The van der Waals surface area contributed by atoms with Gasteiger partial charge < -0.3 is 15.6 Å². The number of rotatable bonds is 3. The van der Waals surface area contributed by atoms with E-state index in [1.807, 2.05) is 6.92 Å². The summed E-state index contributed by atoms with van der Waals surface area (Å²) < 4.78 is 5.49. The van der Waals surface area contributed by atoms with E-state index < -0.39 is 12.0 Å². The summed E-state index contributed by atoms with van der Waals surface area (Å²) in [6.45, 7) is 9.39. The van der Waals surface area contributed by atoms with Crippen molar-refractivity contribution in [1.29, 1.82) is 0 Å². The van der Waals surface area contributed by atoms with Crippen LogP contribution in [0, 0.1) is 5.41 Å². The van der Waals surface area contributed by atoms with Crippen LogP contribution < -0.4 is 5.73 Å². The van der Waals surface area contributed by atoms with Crippen molar-refractivity contribution in [3.8, 4) is 0 Å². The number of aliphatic hydroxyl groups is 1. The zero-order valence-electron chi connectivity index (χ0n) is 11.1. The van der Waals surface area contributed by atoms with Crippen LogP contribution in [-0.4, -0.2) is 53.9 Å². The molecule has 0 bridgehead atoms. The molecule has 0 aromatic carbocycles. The van der Waals surface area contributed by atoms with Crippen molar-refractivity contribution in [2.45, 2.75) is 45.9 Å². The second kappa shape index (κ2) is 5.33. The van der Waals surface area contributed by atoms with Gasteiger partial charge in [-0.3, -0.25) is 9.69 Å². The zero-order valence-corrected chi connectivity index (χ0v) is 11.1. The maximum Gasteiger partial charge on any atom is 0.247 e. The lowest BCUT2D eigenvalue weighted by Crippen LogP contribution is -2.58. The van der Waals surface area contributed by atoms with Crippen molar-refractivity contribution in [1.82, 2.24) is 4.90 Å². The van der Waals surface area contributed by atoms with Crippen LogP contribution in [0.2, 0.25) is 0 Å². The van der Waals surface area contributed by atoms with Gasteiger partial charge in [-0.05, 0) is 12.3 Å². The average Bonchev–Trinajstić information content (AvgIpc) is 2.15. The second-order valence-electron chi connectivity index (χ2n) is 5.86. The fraction of sp³-hybridized carbons (Fsp3) is 0.917. The van der Waals surface area contributed by atoms with Gasteiger partial charge in [-0.25, -0.2) is 0 Å². The van der Waals surface area contributed by atoms with Gasteiger partial charge in [0.1, 0.15) is 6.10 Å². The van der Waals surface area contributed by atoms with Crippen LogP contribution >= 0.6 is 0 Å². The number of carbonyl (C=O) groups excluding carboxylic acids is 1. The Morgan fingerprint density at radius 3 is 2.53 bits per heavy atom. The predicted octanol–water partition coefficient (Wildman–Crippen LogP) is -0.0320. The number of hydrogen-bond acceptors (Lipinski definition) is 4. The van der Waals surface area contributed by atoms with Crippen LogP contribution in [-0.2, 0) is 9.53 Å². The molecule has 0 aromatic rings. The molecule has 1 amide bonds. The van der Waals surface area contributed by atoms with Crippen LogP contribution in [0.15, 0.2) is 0 Å². The SMILES string of the molecule is CC1CN([C@H](CO)C(C)(C)C)CC(C(N)=O)O1. The van der Waals surface area contributed by atoms with Crippen LogP contribution in [0.3, 0.4) is 0 Å². The lowest BCUT2D eigenvalue weighted by Gasteiger charge is -2.44. The van der Waals surface area contributed by atoms with Gasteiger partial charge in [0.15, 0.2) is 0 Å². The molecule has 2 unspecified atom stereocenters. The molecule has 0 aromatic heterocycles. The van der Waals surface area contributed by atoms with Crippen molar-refractivity contribution in [2.24, 2.45) is 11.1 Å². The monoisotopic (exact) mass is 244 g/mol. The Labute approximate surface area is 103 Å². The third-order valence-corrected chi connectivity index (χ3v) is 3.22. The molecular weight excluding hydrogens is 220 g/mol. The van der Waals surface area contributed by atoms with E-state index in [4.69, 9.17) is 10.5 Å². The number of nitrogens with two attached hydrogens (primary N) is 1. The second-order valence-corrected chi connectivity index (χ2v) is 5.86. The molecule has 100 valence electrons. The minimum absolute atomic E-state index is 0.00991. The molecule has 1 aliphatic rings. The van der Waals surface area contributed by atoms with Crippen molar-refractivity contribution in [3.63, 3.8) is 0 Å². The molecule has 3 N–H and O–H groups in total. The van der Waals surface area contributed by atoms with Gasteiger partial charge in [-0.1, -0.05) is 20.8 Å². The Balaban J connectivity index is 2.78. The highest BCUT2D eigenvalue weighted by atomic mass is 16.5. The molecule has 1 aliphatic heterocycles. The van der Waals surface area contributed by atoms with Crippen LogP contribution in [0.25, 0.3) is 0 Å². The quantitative estimate of drug-likeness (QED) is 0.731. The van der Waals surface area contributed by atoms with Crippen LogP contribution in [0.4, 0.5) is 0 Å². The van der Waals surface area contributed by atoms with E-state index in [1.54, 1.807) is 0 Å². The van der Waals surface area contributed by atoms with Crippen LogP contribution in [0.5, 0.6) is 0 Å². The minimum Gasteiger partial charge on any atom is -0.395 e. The van der Waals surface area contributed by atoms with Gasteiger partial charge in [-0.2, -0.15) is 0 Å². The maximum absolute atomic E-state index is 11.2. The molecule has 0 spiro atoms. The summed E-state index contributed by atoms with van der Waals surface area (Å²) in [7, 11) is 0. The third-order valence-electron chi connectivity index (χ3n) is 3.22. The molecule has 0 radical (unpaired) electrons. The normalized spacial score (nSPS) is 29.0. The summed E-state index contributed by atoms with van der Waals surface area (Å²) in [6.07, 6.45) is -0.618. The van der Waals surface area contributed by atoms with Crippen molar-refractivity contribution < 1.29 is 14.6 Å². The number of morpholine rings is 1. The first-order valence-corrected chi connectivity index (χ1v) is 6.05. The summed E-state index contributed by atoms with van der Waals surface area (Å²) in [5.41, 5.74) is 5.24. The van der Waals surface area contributed by atoms with E-state index in [2.05, 4.69) is 25.7 Å². The highest BCUT2D eigenvalue weighted by molar-refractivity contribution is 5.79. The van der Waals surface area contributed by atoms with Gasteiger partial charge in [0.25, 0.3) is 0 Å².